The first-order valence-corrected chi connectivity index (χ1v) is 7.04. The van der Waals surface area contributed by atoms with E-state index in [1.165, 1.54) is 0 Å². The molecule has 0 saturated carbocycles. The second kappa shape index (κ2) is 6.27. The highest BCUT2D eigenvalue weighted by molar-refractivity contribution is 6.31. The SMILES string of the molecule is CCCNC(c1ccc(C)c(Cl)c1)c1occc1C. The summed E-state index contributed by atoms with van der Waals surface area (Å²) in [5.74, 6) is 0.966. The van der Waals surface area contributed by atoms with E-state index in [0.717, 1.165) is 40.4 Å². The highest BCUT2D eigenvalue weighted by Gasteiger charge is 2.19. The van der Waals surface area contributed by atoms with E-state index in [1.807, 2.05) is 19.1 Å². The van der Waals surface area contributed by atoms with Crippen molar-refractivity contribution < 1.29 is 4.42 Å². The smallest absolute Gasteiger partial charge is 0.128 e. The summed E-state index contributed by atoms with van der Waals surface area (Å²) in [6.45, 7) is 7.17. The Labute approximate surface area is 119 Å². The molecule has 0 bridgehead atoms. The van der Waals surface area contributed by atoms with Gasteiger partial charge in [0, 0.05) is 5.02 Å². The van der Waals surface area contributed by atoms with Crippen molar-refractivity contribution in [2.24, 2.45) is 0 Å². The van der Waals surface area contributed by atoms with Gasteiger partial charge in [0.2, 0.25) is 0 Å². The predicted octanol–water partition coefficient (Wildman–Crippen LogP) is 4.64. The van der Waals surface area contributed by atoms with Gasteiger partial charge in [-0.05, 0) is 55.6 Å². The number of aryl methyl sites for hydroxylation is 2. The highest BCUT2D eigenvalue weighted by atomic mass is 35.5. The highest BCUT2D eigenvalue weighted by Crippen LogP contribution is 2.28. The summed E-state index contributed by atoms with van der Waals surface area (Å²) < 4.78 is 5.64. The zero-order valence-corrected chi connectivity index (χ0v) is 12.4. The third-order valence-electron chi connectivity index (χ3n) is 3.29. The average Bonchev–Trinajstić information content (AvgIpc) is 2.80. The van der Waals surface area contributed by atoms with E-state index in [9.17, 15) is 0 Å². The molecule has 102 valence electrons. The molecule has 3 heteroatoms. The van der Waals surface area contributed by atoms with Crippen LogP contribution in [-0.2, 0) is 0 Å². The van der Waals surface area contributed by atoms with Crippen LogP contribution >= 0.6 is 11.6 Å². The van der Waals surface area contributed by atoms with E-state index in [-0.39, 0.29) is 6.04 Å². The molecule has 0 fully saturated rings. The minimum Gasteiger partial charge on any atom is -0.467 e. The minimum atomic E-state index is 0.0630. The molecule has 1 atom stereocenters. The van der Waals surface area contributed by atoms with Crippen LogP contribution in [0.2, 0.25) is 5.02 Å². The Morgan fingerprint density at radius 1 is 1.21 bits per heavy atom. The monoisotopic (exact) mass is 277 g/mol. The second-order valence-electron chi connectivity index (χ2n) is 4.86. The quantitative estimate of drug-likeness (QED) is 0.861. The first-order chi connectivity index (χ1) is 9.13. The summed E-state index contributed by atoms with van der Waals surface area (Å²) in [6.07, 6.45) is 2.82. The molecule has 1 heterocycles. The molecule has 0 spiro atoms. The number of hydrogen-bond acceptors (Lipinski definition) is 2. The third-order valence-corrected chi connectivity index (χ3v) is 3.70. The van der Waals surface area contributed by atoms with E-state index < -0.39 is 0 Å². The molecule has 1 unspecified atom stereocenters. The summed E-state index contributed by atoms with van der Waals surface area (Å²) in [5, 5.41) is 4.32. The lowest BCUT2D eigenvalue weighted by molar-refractivity contribution is 0.444. The van der Waals surface area contributed by atoms with Crippen LogP contribution in [0.4, 0.5) is 0 Å². The maximum atomic E-state index is 6.23. The third kappa shape index (κ3) is 3.20. The normalized spacial score (nSPS) is 12.6. The van der Waals surface area contributed by atoms with Crippen LogP contribution in [0.1, 0.15) is 41.8 Å². The maximum absolute atomic E-state index is 6.23. The second-order valence-corrected chi connectivity index (χ2v) is 5.27. The van der Waals surface area contributed by atoms with Gasteiger partial charge >= 0.3 is 0 Å². The molecule has 0 saturated heterocycles. The fourth-order valence-electron chi connectivity index (χ4n) is 2.12. The van der Waals surface area contributed by atoms with Crippen molar-refractivity contribution in [3.8, 4) is 0 Å². The Morgan fingerprint density at radius 2 is 2.00 bits per heavy atom. The van der Waals surface area contributed by atoms with Gasteiger partial charge in [-0.25, -0.2) is 0 Å². The fourth-order valence-corrected chi connectivity index (χ4v) is 2.31. The van der Waals surface area contributed by atoms with Crippen molar-refractivity contribution in [3.63, 3.8) is 0 Å². The van der Waals surface area contributed by atoms with E-state index in [0.29, 0.717) is 0 Å². The molecule has 2 nitrogen and oxygen atoms in total. The van der Waals surface area contributed by atoms with Gasteiger partial charge < -0.3 is 9.73 Å². The number of hydrogen-bond donors (Lipinski definition) is 1. The summed E-state index contributed by atoms with van der Waals surface area (Å²) in [6, 6.07) is 8.23. The molecule has 0 aliphatic carbocycles. The van der Waals surface area contributed by atoms with Gasteiger partial charge in [-0.2, -0.15) is 0 Å². The van der Waals surface area contributed by atoms with Gasteiger partial charge in [0.05, 0.1) is 12.3 Å². The van der Waals surface area contributed by atoms with Crippen LogP contribution in [0.5, 0.6) is 0 Å². The summed E-state index contributed by atoms with van der Waals surface area (Å²) in [7, 11) is 0. The van der Waals surface area contributed by atoms with Crippen molar-refractivity contribution in [2.45, 2.75) is 33.2 Å². The van der Waals surface area contributed by atoms with E-state index >= 15 is 0 Å². The van der Waals surface area contributed by atoms with Crippen LogP contribution in [-0.4, -0.2) is 6.54 Å². The zero-order chi connectivity index (χ0) is 13.8. The lowest BCUT2D eigenvalue weighted by atomic mass is 10.0. The topological polar surface area (TPSA) is 25.2 Å². The molecule has 2 rings (SSSR count). The maximum Gasteiger partial charge on any atom is 0.128 e. The van der Waals surface area contributed by atoms with Gasteiger partial charge in [-0.1, -0.05) is 30.7 Å². The molecular formula is C16H20ClNO. The molecule has 19 heavy (non-hydrogen) atoms. The van der Waals surface area contributed by atoms with Crippen molar-refractivity contribution >= 4 is 11.6 Å². The average molecular weight is 278 g/mol. The largest absolute Gasteiger partial charge is 0.467 e. The molecule has 2 aromatic rings. The molecule has 0 amide bonds. The molecular weight excluding hydrogens is 258 g/mol. The molecule has 1 N–H and O–H groups in total. The number of rotatable bonds is 5. The molecule has 0 aliphatic heterocycles. The lowest BCUT2D eigenvalue weighted by Gasteiger charge is -2.18. The van der Waals surface area contributed by atoms with Gasteiger partial charge in [0.25, 0.3) is 0 Å². The Kier molecular flexibility index (Phi) is 4.67. The Bertz CT molecular complexity index is 547. The summed E-state index contributed by atoms with van der Waals surface area (Å²) >= 11 is 6.23. The first-order valence-electron chi connectivity index (χ1n) is 6.67. The number of benzene rings is 1. The zero-order valence-electron chi connectivity index (χ0n) is 11.7. The van der Waals surface area contributed by atoms with Gasteiger partial charge in [-0.15, -0.1) is 0 Å². The summed E-state index contributed by atoms with van der Waals surface area (Å²) in [5.41, 5.74) is 3.39. The molecule has 1 aromatic carbocycles. The van der Waals surface area contributed by atoms with Crippen LogP contribution in [0.25, 0.3) is 0 Å². The van der Waals surface area contributed by atoms with E-state index in [2.05, 4.69) is 31.3 Å². The standard InChI is InChI=1S/C16H20ClNO/c1-4-8-18-15(16-12(3)7-9-19-16)13-6-5-11(2)14(17)10-13/h5-7,9-10,15,18H,4,8H2,1-3H3. The van der Waals surface area contributed by atoms with Crippen LogP contribution in [0, 0.1) is 13.8 Å². The number of nitrogens with one attached hydrogen (secondary N) is 1. The van der Waals surface area contributed by atoms with E-state index in [1.54, 1.807) is 6.26 Å². The van der Waals surface area contributed by atoms with Crippen molar-refractivity contribution in [2.75, 3.05) is 6.54 Å². The van der Waals surface area contributed by atoms with Gasteiger partial charge in [0.1, 0.15) is 5.76 Å². The predicted molar refractivity (Wildman–Crippen MR) is 79.8 cm³/mol. The molecule has 0 radical (unpaired) electrons. The van der Waals surface area contributed by atoms with Gasteiger partial charge in [0.15, 0.2) is 0 Å². The molecule has 0 aliphatic rings. The Balaban J connectivity index is 2.37. The van der Waals surface area contributed by atoms with Crippen LogP contribution in [0.3, 0.4) is 0 Å². The minimum absolute atomic E-state index is 0.0630. The van der Waals surface area contributed by atoms with Crippen molar-refractivity contribution in [3.05, 3.63) is 58.0 Å². The lowest BCUT2D eigenvalue weighted by Crippen LogP contribution is -2.23. The Morgan fingerprint density at radius 3 is 2.58 bits per heavy atom. The number of halogens is 1. The Hall–Kier alpha value is -1.25. The summed E-state index contributed by atoms with van der Waals surface area (Å²) in [4.78, 5) is 0. The van der Waals surface area contributed by atoms with E-state index in [4.69, 9.17) is 16.0 Å². The molecule has 1 aromatic heterocycles. The van der Waals surface area contributed by atoms with Crippen LogP contribution < -0.4 is 5.32 Å². The van der Waals surface area contributed by atoms with Crippen molar-refractivity contribution in [1.82, 2.24) is 5.32 Å². The first kappa shape index (κ1) is 14.2. The number of furan rings is 1. The van der Waals surface area contributed by atoms with Crippen LogP contribution in [0.15, 0.2) is 34.9 Å². The van der Waals surface area contributed by atoms with Crippen molar-refractivity contribution in [1.29, 1.82) is 0 Å². The van der Waals surface area contributed by atoms with Gasteiger partial charge in [-0.3, -0.25) is 0 Å². The fraction of sp³-hybridized carbons (Fsp3) is 0.375.